The first kappa shape index (κ1) is 15.3. The number of carbonyl (C=O) groups is 2. The van der Waals surface area contributed by atoms with Crippen LogP contribution in [0.4, 0.5) is 0 Å². The summed E-state index contributed by atoms with van der Waals surface area (Å²) in [6.07, 6.45) is 3.94. The Kier molecular flexibility index (Phi) is 5.14. The van der Waals surface area contributed by atoms with Crippen molar-refractivity contribution in [2.75, 3.05) is 20.3 Å². The molecule has 1 aliphatic rings. The summed E-state index contributed by atoms with van der Waals surface area (Å²) in [7, 11) is 1.52. The van der Waals surface area contributed by atoms with Crippen LogP contribution in [0.1, 0.15) is 36.5 Å². The Morgan fingerprint density at radius 3 is 2.81 bits per heavy atom. The maximum Gasteiger partial charge on any atom is 0.328 e. The highest BCUT2D eigenvalue weighted by molar-refractivity contribution is 5.96. The number of carbonyl (C=O) groups excluding carboxylic acids is 2. The third-order valence-corrected chi connectivity index (χ3v) is 3.51. The van der Waals surface area contributed by atoms with E-state index in [1.54, 1.807) is 24.0 Å². The number of hydrogen-bond acceptors (Lipinski definition) is 5. The molecule has 21 heavy (non-hydrogen) atoms. The zero-order valence-electron chi connectivity index (χ0n) is 12.4. The van der Waals surface area contributed by atoms with Crippen molar-refractivity contribution in [1.29, 1.82) is 0 Å². The Balaban J connectivity index is 2.15. The molecule has 0 N–H and O–H groups in total. The van der Waals surface area contributed by atoms with Crippen molar-refractivity contribution in [1.82, 2.24) is 9.88 Å². The average Bonchev–Trinajstić information content (AvgIpc) is 2.54. The summed E-state index contributed by atoms with van der Waals surface area (Å²) >= 11 is 0. The molecule has 1 unspecified atom stereocenters. The number of methoxy groups -OCH3 is 1. The van der Waals surface area contributed by atoms with E-state index in [0.29, 0.717) is 31.0 Å². The molecule has 2 rings (SSSR count). The number of likely N-dealkylation sites (tertiary alicyclic amines) is 1. The van der Waals surface area contributed by atoms with E-state index in [1.807, 2.05) is 0 Å². The number of pyridine rings is 1. The SMILES string of the molecule is CCOC(=O)C1CCCCN1C(=O)c1ccc(OC)nc1. The van der Waals surface area contributed by atoms with Crippen molar-refractivity contribution in [2.45, 2.75) is 32.2 Å². The van der Waals surface area contributed by atoms with Gasteiger partial charge in [0.2, 0.25) is 5.88 Å². The first-order valence-electron chi connectivity index (χ1n) is 7.15. The standard InChI is InChI=1S/C15H20N2O4/c1-3-21-15(19)12-6-4-5-9-17(12)14(18)11-7-8-13(20-2)16-10-11/h7-8,10,12H,3-6,9H2,1-2H3. The van der Waals surface area contributed by atoms with Crippen LogP contribution in [-0.4, -0.2) is 48.1 Å². The fourth-order valence-corrected chi connectivity index (χ4v) is 2.45. The Bertz CT molecular complexity index is 501. The molecule has 1 saturated heterocycles. The Labute approximate surface area is 124 Å². The Morgan fingerprint density at radius 2 is 2.19 bits per heavy atom. The number of amides is 1. The Hall–Kier alpha value is -2.11. The van der Waals surface area contributed by atoms with Crippen molar-refractivity contribution < 1.29 is 19.1 Å². The number of rotatable bonds is 4. The van der Waals surface area contributed by atoms with Gasteiger partial charge in [0.1, 0.15) is 6.04 Å². The fraction of sp³-hybridized carbons (Fsp3) is 0.533. The van der Waals surface area contributed by atoms with Gasteiger partial charge in [0.15, 0.2) is 0 Å². The number of aromatic nitrogens is 1. The predicted molar refractivity (Wildman–Crippen MR) is 76.1 cm³/mol. The molecule has 1 aromatic rings. The van der Waals surface area contributed by atoms with E-state index >= 15 is 0 Å². The lowest BCUT2D eigenvalue weighted by molar-refractivity contribution is -0.149. The third kappa shape index (κ3) is 3.51. The molecule has 6 heteroatoms. The monoisotopic (exact) mass is 292 g/mol. The minimum absolute atomic E-state index is 0.192. The second kappa shape index (κ2) is 7.06. The van der Waals surface area contributed by atoms with Gasteiger partial charge in [0.25, 0.3) is 5.91 Å². The molecular formula is C15H20N2O4. The highest BCUT2D eigenvalue weighted by Gasteiger charge is 2.33. The minimum atomic E-state index is -0.492. The van der Waals surface area contributed by atoms with E-state index in [9.17, 15) is 9.59 Å². The van der Waals surface area contributed by atoms with Crippen LogP contribution in [-0.2, 0) is 9.53 Å². The van der Waals surface area contributed by atoms with E-state index < -0.39 is 6.04 Å². The molecule has 114 valence electrons. The van der Waals surface area contributed by atoms with E-state index in [2.05, 4.69) is 4.98 Å². The number of nitrogens with zero attached hydrogens (tertiary/aromatic N) is 2. The van der Waals surface area contributed by atoms with Crippen LogP contribution in [0.5, 0.6) is 5.88 Å². The summed E-state index contributed by atoms with van der Waals surface area (Å²) in [4.78, 5) is 30.2. The molecular weight excluding hydrogens is 272 g/mol. The van der Waals surface area contributed by atoms with Gasteiger partial charge < -0.3 is 14.4 Å². The number of esters is 1. The molecule has 2 heterocycles. The molecule has 1 atom stereocenters. The summed E-state index contributed by atoms with van der Waals surface area (Å²) in [6.45, 7) is 2.65. The van der Waals surface area contributed by atoms with Gasteiger partial charge in [-0.25, -0.2) is 9.78 Å². The molecule has 1 amide bonds. The molecule has 0 aliphatic carbocycles. The van der Waals surface area contributed by atoms with Crippen LogP contribution in [0.3, 0.4) is 0 Å². The molecule has 1 aliphatic heterocycles. The zero-order valence-corrected chi connectivity index (χ0v) is 12.4. The first-order valence-corrected chi connectivity index (χ1v) is 7.15. The van der Waals surface area contributed by atoms with Crippen molar-refractivity contribution in [3.05, 3.63) is 23.9 Å². The summed E-state index contributed by atoms with van der Waals surface area (Å²) in [5.41, 5.74) is 0.451. The minimum Gasteiger partial charge on any atom is -0.481 e. The van der Waals surface area contributed by atoms with Gasteiger partial charge in [-0.3, -0.25) is 4.79 Å². The molecule has 0 aromatic carbocycles. The molecule has 0 saturated carbocycles. The van der Waals surface area contributed by atoms with Gasteiger partial charge in [-0.2, -0.15) is 0 Å². The van der Waals surface area contributed by atoms with Crippen molar-refractivity contribution >= 4 is 11.9 Å². The molecule has 1 fully saturated rings. The molecule has 0 spiro atoms. The maximum atomic E-state index is 12.6. The van der Waals surface area contributed by atoms with Crippen LogP contribution in [0.15, 0.2) is 18.3 Å². The Morgan fingerprint density at radius 1 is 1.38 bits per heavy atom. The molecule has 0 bridgehead atoms. The number of piperidine rings is 1. The lowest BCUT2D eigenvalue weighted by Gasteiger charge is -2.34. The van der Waals surface area contributed by atoms with Gasteiger partial charge in [0.05, 0.1) is 19.3 Å². The highest BCUT2D eigenvalue weighted by Crippen LogP contribution is 2.21. The summed E-state index contributed by atoms with van der Waals surface area (Å²) in [5.74, 6) is -0.0675. The average molecular weight is 292 g/mol. The summed E-state index contributed by atoms with van der Waals surface area (Å²) in [5, 5.41) is 0. The summed E-state index contributed by atoms with van der Waals surface area (Å²) < 4.78 is 10.0. The quantitative estimate of drug-likeness (QED) is 0.789. The lowest BCUT2D eigenvalue weighted by Crippen LogP contribution is -2.48. The van der Waals surface area contributed by atoms with E-state index in [-0.39, 0.29) is 11.9 Å². The predicted octanol–water partition coefficient (Wildman–Crippen LogP) is 1.65. The van der Waals surface area contributed by atoms with E-state index in [4.69, 9.17) is 9.47 Å². The number of ether oxygens (including phenoxy) is 2. The fourth-order valence-electron chi connectivity index (χ4n) is 2.45. The van der Waals surface area contributed by atoms with Crippen LogP contribution in [0.2, 0.25) is 0 Å². The van der Waals surface area contributed by atoms with Crippen LogP contribution in [0.25, 0.3) is 0 Å². The van der Waals surface area contributed by atoms with Crippen LogP contribution in [0, 0.1) is 0 Å². The summed E-state index contributed by atoms with van der Waals surface area (Å²) in [6, 6.07) is 2.80. The van der Waals surface area contributed by atoms with Crippen LogP contribution < -0.4 is 4.74 Å². The zero-order chi connectivity index (χ0) is 15.2. The topological polar surface area (TPSA) is 68.7 Å². The smallest absolute Gasteiger partial charge is 0.328 e. The van der Waals surface area contributed by atoms with Gasteiger partial charge in [0, 0.05) is 18.8 Å². The van der Waals surface area contributed by atoms with Crippen LogP contribution >= 0.6 is 0 Å². The van der Waals surface area contributed by atoms with Gasteiger partial charge in [-0.1, -0.05) is 0 Å². The highest BCUT2D eigenvalue weighted by atomic mass is 16.5. The normalized spacial score (nSPS) is 18.2. The van der Waals surface area contributed by atoms with Crippen molar-refractivity contribution in [3.63, 3.8) is 0 Å². The second-order valence-electron chi connectivity index (χ2n) is 4.85. The van der Waals surface area contributed by atoms with E-state index in [1.165, 1.54) is 13.3 Å². The first-order chi connectivity index (χ1) is 10.2. The van der Waals surface area contributed by atoms with Gasteiger partial charge in [-0.05, 0) is 32.3 Å². The molecule has 1 aromatic heterocycles. The second-order valence-corrected chi connectivity index (χ2v) is 4.85. The van der Waals surface area contributed by atoms with Gasteiger partial charge in [-0.15, -0.1) is 0 Å². The maximum absolute atomic E-state index is 12.6. The van der Waals surface area contributed by atoms with Crippen molar-refractivity contribution in [3.8, 4) is 5.88 Å². The molecule has 0 radical (unpaired) electrons. The lowest BCUT2D eigenvalue weighted by atomic mass is 10.0. The van der Waals surface area contributed by atoms with Gasteiger partial charge >= 0.3 is 5.97 Å². The largest absolute Gasteiger partial charge is 0.481 e. The third-order valence-electron chi connectivity index (χ3n) is 3.51. The molecule has 6 nitrogen and oxygen atoms in total. The van der Waals surface area contributed by atoms with E-state index in [0.717, 1.165) is 12.8 Å². The van der Waals surface area contributed by atoms with Crippen molar-refractivity contribution in [2.24, 2.45) is 0 Å². The number of hydrogen-bond donors (Lipinski definition) is 0.